The third-order valence-corrected chi connectivity index (χ3v) is 3.66. The minimum atomic E-state index is -0.669. The van der Waals surface area contributed by atoms with Gasteiger partial charge < -0.3 is 9.73 Å². The van der Waals surface area contributed by atoms with Crippen molar-refractivity contribution in [1.29, 1.82) is 0 Å². The molecule has 1 heterocycles. The van der Waals surface area contributed by atoms with Gasteiger partial charge in [0.05, 0.1) is 10.6 Å². The van der Waals surface area contributed by atoms with E-state index >= 15 is 0 Å². The first-order valence-electron chi connectivity index (χ1n) is 7.11. The Hall–Kier alpha value is -2.40. The van der Waals surface area contributed by atoms with Crippen LogP contribution in [-0.4, -0.2) is 10.9 Å². The van der Waals surface area contributed by atoms with Crippen molar-refractivity contribution in [3.63, 3.8) is 0 Å². The van der Waals surface area contributed by atoms with E-state index in [0.717, 1.165) is 0 Å². The number of oxazole rings is 1. The summed E-state index contributed by atoms with van der Waals surface area (Å²) >= 11 is 5.89. The van der Waals surface area contributed by atoms with Crippen LogP contribution in [0.15, 0.2) is 40.8 Å². The molecule has 0 saturated heterocycles. The van der Waals surface area contributed by atoms with Gasteiger partial charge in [-0.3, -0.25) is 4.79 Å². The van der Waals surface area contributed by atoms with Gasteiger partial charge in [0.2, 0.25) is 0 Å². The first-order valence-corrected chi connectivity index (χ1v) is 7.49. The summed E-state index contributed by atoms with van der Waals surface area (Å²) in [5, 5.41) is 2.68. The second-order valence-corrected chi connectivity index (χ2v) is 5.85. The van der Waals surface area contributed by atoms with E-state index in [-0.39, 0.29) is 16.5 Å². The molecule has 0 fully saturated rings. The minimum absolute atomic E-state index is 0.0605. The average Bonchev–Trinajstić information content (AvgIpc) is 2.90. The fraction of sp³-hybridized carbons (Fsp3) is 0.176. The van der Waals surface area contributed by atoms with Crippen LogP contribution in [0.4, 0.5) is 10.1 Å². The van der Waals surface area contributed by atoms with Gasteiger partial charge in [-0.15, -0.1) is 0 Å². The van der Waals surface area contributed by atoms with Gasteiger partial charge in [-0.25, -0.2) is 9.37 Å². The van der Waals surface area contributed by atoms with E-state index in [0.29, 0.717) is 22.7 Å². The van der Waals surface area contributed by atoms with E-state index in [9.17, 15) is 9.18 Å². The van der Waals surface area contributed by atoms with Crippen molar-refractivity contribution < 1.29 is 13.6 Å². The van der Waals surface area contributed by atoms with Gasteiger partial charge in [0, 0.05) is 17.7 Å². The smallest absolute Gasteiger partial charge is 0.260 e. The van der Waals surface area contributed by atoms with E-state index in [1.54, 1.807) is 18.2 Å². The Labute approximate surface area is 137 Å². The molecule has 1 N–H and O–H groups in total. The number of hydrogen-bond acceptors (Lipinski definition) is 3. The maximum Gasteiger partial charge on any atom is 0.260 e. The number of nitrogens with zero attached hydrogens (tertiary/aromatic N) is 1. The summed E-state index contributed by atoms with van der Waals surface area (Å²) in [6.45, 7) is 3.96. The third-order valence-electron chi connectivity index (χ3n) is 3.35. The molecule has 0 saturated carbocycles. The van der Waals surface area contributed by atoms with E-state index in [2.05, 4.69) is 10.3 Å². The van der Waals surface area contributed by atoms with Crippen LogP contribution < -0.4 is 5.32 Å². The molecular weight excluding hydrogens is 319 g/mol. The summed E-state index contributed by atoms with van der Waals surface area (Å²) in [5.41, 5.74) is 1.56. The molecule has 3 rings (SSSR count). The number of anilines is 1. The lowest BCUT2D eigenvalue weighted by Crippen LogP contribution is -2.14. The number of nitrogens with one attached hydrogen (secondary N) is 1. The molecular formula is C17H14ClFN2O2. The zero-order chi connectivity index (χ0) is 16.6. The molecule has 2 aromatic carbocycles. The Kier molecular flexibility index (Phi) is 4.05. The van der Waals surface area contributed by atoms with Crippen LogP contribution in [0, 0.1) is 5.82 Å². The predicted octanol–water partition coefficient (Wildman–Crippen LogP) is 5.00. The third kappa shape index (κ3) is 3.05. The number of fused-ring (bicyclic) bond motifs is 1. The Morgan fingerprint density at radius 2 is 2.09 bits per heavy atom. The number of halogens is 2. The lowest BCUT2D eigenvalue weighted by atomic mass is 10.2. The van der Waals surface area contributed by atoms with Crippen LogP contribution in [-0.2, 0) is 0 Å². The van der Waals surface area contributed by atoms with Crippen molar-refractivity contribution in [2.45, 2.75) is 19.8 Å². The SMILES string of the molecule is CC(C)c1nc2ccc(NC(=O)c3c(F)cccc3Cl)cc2o1. The van der Waals surface area contributed by atoms with Crippen LogP contribution >= 0.6 is 11.6 Å². The van der Waals surface area contributed by atoms with Crippen LogP contribution in [0.2, 0.25) is 5.02 Å². The van der Waals surface area contributed by atoms with Crippen molar-refractivity contribution in [3.8, 4) is 0 Å². The number of carbonyl (C=O) groups is 1. The molecule has 0 bridgehead atoms. The highest BCUT2D eigenvalue weighted by Gasteiger charge is 2.16. The molecule has 118 valence electrons. The average molecular weight is 333 g/mol. The van der Waals surface area contributed by atoms with Crippen molar-refractivity contribution in [2.24, 2.45) is 0 Å². The summed E-state index contributed by atoms with van der Waals surface area (Å²) in [7, 11) is 0. The number of carbonyl (C=O) groups excluding carboxylic acids is 1. The Balaban J connectivity index is 1.90. The molecule has 23 heavy (non-hydrogen) atoms. The number of benzene rings is 2. The molecule has 0 aliphatic heterocycles. The maximum absolute atomic E-state index is 13.8. The minimum Gasteiger partial charge on any atom is -0.440 e. The highest BCUT2D eigenvalue weighted by Crippen LogP contribution is 2.25. The molecule has 6 heteroatoms. The first-order chi connectivity index (χ1) is 11.0. The number of aromatic nitrogens is 1. The zero-order valence-electron chi connectivity index (χ0n) is 12.6. The van der Waals surface area contributed by atoms with E-state index in [1.165, 1.54) is 18.2 Å². The van der Waals surface area contributed by atoms with Crippen molar-refractivity contribution in [2.75, 3.05) is 5.32 Å². The summed E-state index contributed by atoms with van der Waals surface area (Å²) < 4.78 is 19.4. The standard InChI is InChI=1S/C17H14ClFN2O2/c1-9(2)17-21-13-7-6-10(8-14(13)23-17)20-16(22)15-11(18)4-3-5-12(15)19/h3-9H,1-2H3,(H,20,22). The topological polar surface area (TPSA) is 55.1 Å². The largest absolute Gasteiger partial charge is 0.440 e. The van der Waals surface area contributed by atoms with Crippen LogP contribution in [0.1, 0.15) is 36.0 Å². The lowest BCUT2D eigenvalue weighted by molar-refractivity contribution is 0.102. The molecule has 0 atom stereocenters. The van der Waals surface area contributed by atoms with Gasteiger partial charge in [-0.2, -0.15) is 0 Å². The van der Waals surface area contributed by atoms with Crippen LogP contribution in [0.3, 0.4) is 0 Å². The molecule has 0 radical (unpaired) electrons. The maximum atomic E-state index is 13.8. The molecule has 0 aliphatic rings. The molecule has 1 amide bonds. The fourth-order valence-electron chi connectivity index (χ4n) is 2.18. The van der Waals surface area contributed by atoms with Gasteiger partial charge in [0.25, 0.3) is 5.91 Å². The molecule has 0 unspecified atom stereocenters. The quantitative estimate of drug-likeness (QED) is 0.734. The monoisotopic (exact) mass is 332 g/mol. The Bertz CT molecular complexity index is 869. The zero-order valence-corrected chi connectivity index (χ0v) is 13.3. The molecule has 1 aromatic heterocycles. The Morgan fingerprint density at radius 1 is 1.30 bits per heavy atom. The summed E-state index contributed by atoms with van der Waals surface area (Å²) in [4.78, 5) is 16.6. The highest BCUT2D eigenvalue weighted by atomic mass is 35.5. The van der Waals surface area contributed by atoms with Crippen LogP contribution in [0.5, 0.6) is 0 Å². The lowest BCUT2D eigenvalue weighted by Gasteiger charge is -2.07. The van der Waals surface area contributed by atoms with Gasteiger partial charge in [0.15, 0.2) is 11.5 Å². The number of hydrogen-bond donors (Lipinski definition) is 1. The van der Waals surface area contributed by atoms with Crippen molar-refractivity contribution in [1.82, 2.24) is 4.98 Å². The van der Waals surface area contributed by atoms with Crippen LogP contribution in [0.25, 0.3) is 11.1 Å². The Morgan fingerprint density at radius 3 is 2.78 bits per heavy atom. The van der Waals surface area contributed by atoms with Gasteiger partial charge in [-0.1, -0.05) is 31.5 Å². The molecule has 4 nitrogen and oxygen atoms in total. The highest BCUT2D eigenvalue weighted by molar-refractivity contribution is 6.34. The van der Waals surface area contributed by atoms with Gasteiger partial charge in [-0.05, 0) is 24.3 Å². The summed E-state index contributed by atoms with van der Waals surface area (Å²) in [5.74, 6) is -0.493. The van der Waals surface area contributed by atoms with Crippen molar-refractivity contribution >= 4 is 34.3 Å². The van der Waals surface area contributed by atoms with Gasteiger partial charge >= 0.3 is 0 Å². The molecule has 0 spiro atoms. The fourth-order valence-corrected chi connectivity index (χ4v) is 2.42. The molecule has 0 aliphatic carbocycles. The number of amides is 1. The van der Waals surface area contributed by atoms with E-state index in [4.69, 9.17) is 16.0 Å². The second-order valence-electron chi connectivity index (χ2n) is 5.44. The normalized spacial score (nSPS) is 11.2. The second kappa shape index (κ2) is 6.01. The first kappa shape index (κ1) is 15.5. The van der Waals surface area contributed by atoms with Gasteiger partial charge in [0.1, 0.15) is 11.3 Å². The predicted molar refractivity (Wildman–Crippen MR) is 87.5 cm³/mol. The number of rotatable bonds is 3. The summed E-state index contributed by atoms with van der Waals surface area (Å²) in [6, 6.07) is 9.18. The van der Waals surface area contributed by atoms with Crippen molar-refractivity contribution in [3.05, 3.63) is 58.7 Å². The summed E-state index contributed by atoms with van der Waals surface area (Å²) in [6.07, 6.45) is 0. The van der Waals surface area contributed by atoms with E-state index < -0.39 is 11.7 Å². The van der Waals surface area contributed by atoms with E-state index in [1.807, 2.05) is 13.8 Å². The molecule has 3 aromatic rings.